The van der Waals surface area contributed by atoms with Crippen molar-refractivity contribution in [2.75, 3.05) is 10.6 Å². The number of anilines is 3. The van der Waals surface area contributed by atoms with E-state index < -0.39 is 0 Å². The fraction of sp³-hybridized carbons (Fsp3) is 0.238. The predicted octanol–water partition coefficient (Wildman–Crippen LogP) is 5.09. The summed E-state index contributed by atoms with van der Waals surface area (Å²) in [6.45, 7) is 4.98. The van der Waals surface area contributed by atoms with E-state index >= 15 is 0 Å². The number of rotatable bonds is 7. The SMILES string of the molecule is CCCc1c(C)nc(Nc2ccccc2)nc1NCc1ccccc1. The van der Waals surface area contributed by atoms with E-state index in [2.05, 4.69) is 53.7 Å². The second-order valence-electron chi connectivity index (χ2n) is 6.04. The van der Waals surface area contributed by atoms with Gasteiger partial charge in [-0.1, -0.05) is 61.9 Å². The molecule has 3 rings (SSSR count). The van der Waals surface area contributed by atoms with Gasteiger partial charge in [-0.2, -0.15) is 4.98 Å². The zero-order valence-electron chi connectivity index (χ0n) is 14.8. The number of aromatic nitrogens is 2. The molecule has 128 valence electrons. The molecular weight excluding hydrogens is 308 g/mol. The number of nitrogens with zero attached hydrogens (tertiary/aromatic N) is 2. The van der Waals surface area contributed by atoms with Crippen LogP contribution >= 0.6 is 0 Å². The lowest BCUT2D eigenvalue weighted by Gasteiger charge is -2.15. The molecule has 2 N–H and O–H groups in total. The molecule has 0 saturated carbocycles. The Bertz CT molecular complexity index is 801. The van der Waals surface area contributed by atoms with Crippen molar-refractivity contribution in [2.24, 2.45) is 0 Å². The predicted molar refractivity (Wildman–Crippen MR) is 104 cm³/mol. The van der Waals surface area contributed by atoms with Crippen LogP contribution in [0.2, 0.25) is 0 Å². The molecule has 1 aromatic heterocycles. The lowest BCUT2D eigenvalue weighted by atomic mass is 10.1. The molecule has 1 heterocycles. The first kappa shape index (κ1) is 17.0. The van der Waals surface area contributed by atoms with Crippen LogP contribution in [-0.4, -0.2) is 9.97 Å². The Morgan fingerprint density at radius 3 is 2.24 bits per heavy atom. The quantitative estimate of drug-likeness (QED) is 0.632. The van der Waals surface area contributed by atoms with Gasteiger partial charge in [-0.05, 0) is 31.0 Å². The van der Waals surface area contributed by atoms with Crippen LogP contribution in [0, 0.1) is 6.92 Å². The maximum Gasteiger partial charge on any atom is 0.229 e. The fourth-order valence-electron chi connectivity index (χ4n) is 2.78. The second-order valence-corrected chi connectivity index (χ2v) is 6.04. The summed E-state index contributed by atoms with van der Waals surface area (Å²) in [6, 6.07) is 20.4. The van der Waals surface area contributed by atoms with Gasteiger partial charge in [0.05, 0.1) is 0 Å². The third-order valence-corrected chi connectivity index (χ3v) is 4.05. The molecule has 0 fully saturated rings. The van der Waals surface area contributed by atoms with Crippen molar-refractivity contribution in [1.29, 1.82) is 0 Å². The molecule has 3 aromatic rings. The van der Waals surface area contributed by atoms with Crippen molar-refractivity contribution in [1.82, 2.24) is 9.97 Å². The van der Waals surface area contributed by atoms with Crippen molar-refractivity contribution < 1.29 is 0 Å². The van der Waals surface area contributed by atoms with Gasteiger partial charge < -0.3 is 10.6 Å². The number of hydrogen-bond donors (Lipinski definition) is 2. The van der Waals surface area contributed by atoms with Gasteiger partial charge in [0.15, 0.2) is 0 Å². The van der Waals surface area contributed by atoms with Gasteiger partial charge in [-0.25, -0.2) is 4.98 Å². The zero-order chi connectivity index (χ0) is 17.5. The molecule has 0 aliphatic heterocycles. The molecule has 0 aliphatic rings. The topological polar surface area (TPSA) is 49.8 Å². The van der Waals surface area contributed by atoms with E-state index in [0.29, 0.717) is 5.95 Å². The van der Waals surface area contributed by atoms with Crippen LogP contribution in [0.3, 0.4) is 0 Å². The average molecular weight is 332 g/mol. The summed E-state index contributed by atoms with van der Waals surface area (Å²) in [5.41, 5.74) is 4.43. The minimum Gasteiger partial charge on any atom is -0.366 e. The van der Waals surface area contributed by atoms with Gasteiger partial charge in [0.25, 0.3) is 0 Å². The Morgan fingerprint density at radius 1 is 0.880 bits per heavy atom. The number of para-hydroxylation sites is 1. The highest BCUT2D eigenvalue weighted by Gasteiger charge is 2.11. The Balaban J connectivity index is 1.85. The molecule has 0 radical (unpaired) electrons. The molecule has 25 heavy (non-hydrogen) atoms. The molecular formula is C21H24N4. The third kappa shape index (κ3) is 4.57. The minimum atomic E-state index is 0.624. The largest absolute Gasteiger partial charge is 0.366 e. The molecule has 0 aliphatic carbocycles. The molecule has 0 amide bonds. The molecule has 0 spiro atoms. The van der Waals surface area contributed by atoms with E-state index in [4.69, 9.17) is 4.98 Å². The van der Waals surface area contributed by atoms with E-state index in [1.807, 2.05) is 36.4 Å². The second kappa shape index (κ2) is 8.29. The van der Waals surface area contributed by atoms with Crippen molar-refractivity contribution in [2.45, 2.75) is 33.2 Å². The van der Waals surface area contributed by atoms with Crippen LogP contribution in [0.25, 0.3) is 0 Å². The Labute approximate surface area is 149 Å². The molecule has 4 heteroatoms. The number of benzene rings is 2. The fourth-order valence-corrected chi connectivity index (χ4v) is 2.78. The molecule has 0 atom stereocenters. The molecule has 4 nitrogen and oxygen atoms in total. The van der Waals surface area contributed by atoms with Crippen LogP contribution in [-0.2, 0) is 13.0 Å². The van der Waals surface area contributed by atoms with E-state index in [1.165, 1.54) is 11.1 Å². The maximum atomic E-state index is 4.73. The van der Waals surface area contributed by atoms with Gasteiger partial charge in [-0.3, -0.25) is 0 Å². The summed E-state index contributed by atoms with van der Waals surface area (Å²) in [4.78, 5) is 9.37. The van der Waals surface area contributed by atoms with Crippen molar-refractivity contribution in [3.8, 4) is 0 Å². The third-order valence-electron chi connectivity index (χ3n) is 4.05. The molecule has 0 bridgehead atoms. The summed E-state index contributed by atoms with van der Waals surface area (Å²) >= 11 is 0. The first-order chi connectivity index (χ1) is 12.3. The minimum absolute atomic E-state index is 0.624. The van der Waals surface area contributed by atoms with Gasteiger partial charge in [0, 0.05) is 23.5 Å². The highest BCUT2D eigenvalue weighted by molar-refractivity contribution is 5.57. The van der Waals surface area contributed by atoms with E-state index in [9.17, 15) is 0 Å². The van der Waals surface area contributed by atoms with Crippen molar-refractivity contribution in [3.05, 3.63) is 77.5 Å². The van der Waals surface area contributed by atoms with Crippen LogP contribution in [0.1, 0.15) is 30.2 Å². The van der Waals surface area contributed by atoms with Crippen molar-refractivity contribution in [3.63, 3.8) is 0 Å². The monoisotopic (exact) mass is 332 g/mol. The zero-order valence-corrected chi connectivity index (χ0v) is 14.8. The lowest BCUT2D eigenvalue weighted by molar-refractivity contribution is 0.882. The summed E-state index contributed by atoms with van der Waals surface area (Å²) in [5, 5.41) is 6.78. The van der Waals surface area contributed by atoms with Gasteiger partial charge in [0.1, 0.15) is 5.82 Å². The van der Waals surface area contributed by atoms with E-state index in [-0.39, 0.29) is 0 Å². The van der Waals surface area contributed by atoms with Crippen LogP contribution in [0.5, 0.6) is 0 Å². The summed E-state index contributed by atoms with van der Waals surface area (Å²) in [6.07, 6.45) is 2.03. The first-order valence-corrected chi connectivity index (χ1v) is 8.73. The summed E-state index contributed by atoms with van der Waals surface area (Å²) in [7, 11) is 0. The molecule has 0 saturated heterocycles. The Hall–Kier alpha value is -2.88. The van der Waals surface area contributed by atoms with Crippen LogP contribution in [0.4, 0.5) is 17.5 Å². The summed E-state index contributed by atoms with van der Waals surface area (Å²) < 4.78 is 0. The average Bonchev–Trinajstić information content (AvgIpc) is 2.64. The van der Waals surface area contributed by atoms with Crippen molar-refractivity contribution >= 4 is 17.5 Å². The lowest BCUT2D eigenvalue weighted by Crippen LogP contribution is -2.10. The van der Waals surface area contributed by atoms with Crippen LogP contribution in [0.15, 0.2) is 60.7 Å². The normalized spacial score (nSPS) is 10.5. The number of aryl methyl sites for hydroxylation is 1. The number of nitrogens with one attached hydrogen (secondary N) is 2. The molecule has 2 aromatic carbocycles. The highest BCUT2D eigenvalue weighted by Crippen LogP contribution is 2.22. The van der Waals surface area contributed by atoms with E-state index in [1.54, 1.807) is 0 Å². The Kier molecular flexibility index (Phi) is 5.62. The van der Waals surface area contributed by atoms with Gasteiger partial charge >= 0.3 is 0 Å². The standard InChI is InChI=1S/C21H24N4/c1-3-10-19-16(2)23-21(24-18-13-8-5-9-14-18)25-20(19)22-15-17-11-6-4-7-12-17/h4-9,11-14H,3,10,15H2,1-2H3,(H2,22,23,24,25). The first-order valence-electron chi connectivity index (χ1n) is 8.73. The number of hydrogen-bond acceptors (Lipinski definition) is 4. The maximum absolute atomic E-state index is 4.73. The highest BCUT2D eigenvalue weighted by atomic mass is 15.1. The molecule has 0 unspecified atom stereocenters. The van der Waals surface area contributed by atoms with E-state index in [0.717, 1.165) is 36.6 Å². The van der Waals surface area contributed by atoms with Gasteiger partial charge in [0.2, 0.25) is 5.95 Å². The Morgan fingerprint density at radius 2 is 1.56 bits per heavy atom. The smallest absolute Gasteiger partial charge is 0.229 e. The summed E-state index contributed by atoms with van der Waals surface area (Å²) in [5.74, 6) is 1.54. The van der Waals surface area contributed by atoms with Gasteiger partial charge in [-0.15, -0.1) is 0 Å². The van der Waals surface area contributed by atoms with Crippen LogP contribution < -0.4 is 10.6 Å².